The van der Waals surface area contributed by atoms with E-state index >= 15 is 0 Å². The number of hydrogen-bond donors (Lipinski definition) is 1. The van der Waals surface area contributed by atoms with E-state index in [9.17, 15) is 13.5 Å². The quantitative estimate of drug-likeness (QED) is 0.784. The van der Waals surface area contributed by atoms with Crippen LogP contribution in [0.4, 0.5) is 0 Å². The summed E-state index contributed by atoms with van der Waals surface area (Å²) in [6, 6.07) is 10.2. The Kier molecular flexibility index (Phi) is 4.39. The lowest BCUT2D eigenvalue weighted by Crippen LogP contribution is -2.61. The first kappa shape index (κ1) is 16.7. The van der Waals surface area contributed by atoms with E-state index in [2.05, 4.69) is 15.9 Å². The summed E-state index contributed by atoms with van der Waals surface area (Å²) in [5.41, 5.74) is 0.436. The minimum absolute atomic E-state index is 0.246. The van der Waals surface area contributed by atoms with Gasteiger partial charge in [0.05, 0.1) is 11.2 Å². The molecule has 0 radical (unpaired) electrons. The summed E-state index contributed by atoms with van der Waals surface area (Å²) in [4.78, 5) is 0.277. The highest BCUT2D eigenvalue weighted by molar-refractivity contribution is 9.09. The number of nitrogens with zero attached hydrogens (tertiary/aromatic N) is 1. The van der Waals surface area contributed by atoms with E-state index in [0.29, 0.717) is 11.1 Å². The van der Waals surface area contributed by atoms with E-state index in [-0.39, 0.29) is 18.0 Å². The molecule has 0 spiro atoms. The van der Waals surface area contributed by atoms with Gasteiger partial charge in [-0.15, -0.1) is 0 Å². The van der Waals surface area contributed by atoms with Crippen molar-refractivity contribution >= 4 is 26.0 Å². The minimum Gasteiger partial charge on any atom is -0.467 e. The van der Waals surface area contributed by atoms with Gasteiger partial charge in [0.25, 0.3) is 0 Å². The topological polar surface area (TPSA) is 70.8 Å². The number of rotatable bonds is 5. The van der Waals surface area contributed by atoms with Crippen LogP contribution in [0, 0.1) is 12.3 Å². The Balaban J connectivity index is 1.79. The number of aryl methyl sites for hydroxylation is 1. The molecule has 1 unspecified atom stereocenters. The first-order valence-corrected chi connectivity index (χ1v) is 9.79. The molecule has 0 aliphatic carbocycles. The summed E-state index contributed by atoms with van der Waals surface area (Å²) in [6.45, 7) is 2.41. The molecule has 1 N–H and O–H groups in total. The van der Waals surface area contributed by atoms with E-state index < -0.39 is 21.5 Å². The highest BCUT2D eigenvalue weighted by Crippen LogP contribution is 2.45. The molecule has 1 aromatic heterocycles. The van der Waals surface area contributed by atoms with E-state index in [4.69, 9.17) is 4.42 Å². The lowest BCUT2D eigenvalue weighted by molar-refractivity contribution is -0.0512. The monoisotopic (exact) mass is 399 g/mol. The molecule has 0 amide bonds. The van der Waals surface area contributed by atoms with Crippen LogP contribution in [0.25, 0.3) is 0 Å². The molecule has 1 atom stereocenters. The van der Waals surface area contributed by atoms with Crippen molar-refractivity contribution in [1.29, 1.82) is 0 Å². The van der Waals surface area contributed by atoms with Crippen molar-refractivity contribution in [1.82, 2.24) is 4.31 Å². The summed E-state index contributed by atoms with van der Waals surface area (Å²) in [5, 5.41) is 11.0. The Morgan fingerprint density at radius 3 is 2.48 bits per heavy atom. The lowest BCUT2D eigenvalue weighted by atomic mass is 9.77. The van der Waals surface area contributed by atoms with Crippen LogP contribution >= 0.6 is 15.9 Å². The Bertz CT molecular complexity index is 765. The molecule has 3 rings (SSSR count). The van der Waals surface area contributed by atoms with Crippen LogP contribution < -0.4 is 0 Å². The van der Waals surface area contributed by atoms with Gasteiger partial charge in [0.2, 0.25) is 10.0 Å². The smallest absolute Gasteiger partial charge is 0.243 e. The number of sulfonamides is 1. The number of benzene rings is 1. The molecule has 0 bridgehead atoms. The minimum atomic E-state index is -3.53. The van der Waals surface area contributed by atoms with Gasteiger partial charge < -0.3 is 9.52 Å². The molecule has 124 valence electrons. The predicted molar refractivity (Wildman–Crippen MR) is 89.8 cm³/mol. The second-order valence-corrected chi connectivity index (χ2v) is 8.50. The Labute approximate surface area is 144 Å². The van der Waals surface area contributed by atoms with Gasteiger partial charge in [0.1, 0.15) is 11.9 Å². The number of aliphatic hydroxyl groups excluding tert-OH is 1. The van der Waals surface area contributed by atoms with Crippen LogP contribution in [-0.2, 0) is 10.0 Å². The lowest BCUT2D eigenvalue weighted by Gasteiger charge is -2.50. The highest BCUT2D eigenvalue weighted by atomic mass is 79.9. The average Bonchev–Trinajstić information content (AvgIpc) is 3.01. The van der Waals surface area contributed by atoms with Crippen LogP contribution in [0.1, 0.15) is 17.4 Å². The number of alkyl halides is 1. The molecule has 2 aromatic rings. The fourth-order valence-electron chi connectivity index (χ4n) is 2.76. The van der Waals surface area contributed by atoms with Crippen LogP contribution in [0.15, 0.2) is 52.0 Å². The number of halogens is 1. The van der Waals surface area contributed by atoms with Crippen LogP contribution in [0.5, 0.6) is 0 Å². The molecule has 1 aromatic carbocycles. The van der Waals surface area contributed by atoms with Gasteiger partial charge in [-0.1, -0.05) is 33.6 Å². The molecule has 7 heteroatoms. The van der Waals surface area contributed by atoms with Crippen molar-refractivity contribution < 1.29 is 17.9 Å². The molecule has 0 saturated carbocycles. The van der Waals surface area contributed by atoms with Crippen molar-refractivity contribution in [3.05, 3.63) is 54.0 Å². The normalized spacial score (nSPS) is 19.3. The SMILES string of the molecule is Cc1ccc(S(=O)(=O)N2CC(CBr)(C(O)c3ccco3)C2)cc1. The summed E-state index contributed by atoms with van der Waals surface area (Å²) in [7, 11) is -3.53. The second kappa shape index (κ2) is 6.05. The third-order valence-electron chi connectivity index (χ3n) is 4.30. The second-order valence-electron chi connectivity index (χ2n) is 6.00. The standard InChI is InChI=1S/C16H18BrNO4S/c1-12-4-6-13(7-5-12)23(20,21)18-10-16(9-17,11-18)15(19)14-3-2-8-22-14/h2-8,15,19H,9-11H2,1H3. The summed E-state index contributed by atoms with van der Waals surface area (Å²) < 4.78 is 31.9. The molecular formula is C16H18BrNO4S. The zero-order valence-corrected chi connectivity index (χ0v) is 15.0. The van der Waals surface area contributed by atoms with Crippen LogP contribution in [0.2, 0.25) is 0 Å². The zero-order chi connectivity index (χ0) is 16.7. The van der Waals surface area contributed by atoms with E-state index in [1.54, 1.807) is 36.4 Å². The number of furan rings is 1. The molecule has 23 heavy (non-hydrogen) atoms. The van der Waals surface area contributed by atoms with Gasteiger partial charge in [0, 0.05) is 23.8 Å². The Morgan fingerprint density at radius 1 is 1.30 bits per heavy atom. The van der Waals surface area contributed by atoms with E-state index in [0.717, 1.165) is 5.56 Å². The molecule has 5 nitrogen and oxygen atoms in total. The van der Waals surface area contributed by atoms with Gasteiger partial charge in [-0.3, -0.25) is 0 Å². The maximum Gasteiger partial charge on any atom is 0.243 e. The van der Waals surface area contributed by atoms with Gasteiger partial charge in [0.15, 0.2) is 0 Å². The first-order chi connectivity index (χ1) is 10.9. The molecule has 1 aliphatic heterocycles. The van der Waals surface area contributed by atoms with E-state index in [1.165, 1.54) is 10.6 Å². The zero-order valence-electron chi connectivity index (χ0n) is 12.6. The first-order valence-electron chi connectivity index (χ1n) is 7.23. The maximum atomic E-state index is 12.6. The Morgan fingerprint density at radius 2 is 1.96 bits per heavy atom. The number of aliphatic hydroxyl groups is 1. The molecule has 1 saturated heterocycles. The van der Waals surface area contributed by atoms with Crippen molar-refractivity contribution in [2.24, 2.45) is 5.41 Å². The molecular weight excluding hydrogens is 382 g/mol. The van der Waals surface area contributed by atoms with Gasteiger partial charge >= 0.3 is 0 Å². The third-order valence-corrected chi connectivity index (χ3v) is 7.22. The molecule has 1 fully saturated rings. The fraction of sp³-hybridized carbons (Fsp3) is 0.375. The molecule has 1 aliphatic rings. The maximum absolute atomic E-state index is 12.6. The van der Waals surface area contributed by atoms with Crippen LogP contribution in [-0.4, -0.2) is 36.2 Å². The average molecular weight is 400 g/mol. The highest BCUT2D eigenvalue weighted by Gasteiger charge is 2.53. The summed E-state index contributed by atoms with van der Waals surface area (Å²) >= 11 is 3.41. The summed E-state index contributed by atoms with van der Waals surface area (Å²) in [5.74, 6) is 0.455. The van der Waals surface area contributed by atoms with Gasteiger partial charge in [-0.25, -0.2) is 8.42 Å². The van der Waals surface area contributed by atoms with E-state index in [1.807, 2.05) is 6.92 Å². The largest absolute Gasteiger partial charge is 0.467 e. The van der Waals surface area contributed by atoms with Crippen molar-refractivity contribution in [2.75, 3.05) is 18.4 Å². The van der Waals surface area contributed by atoms with Crippen molar-refractivity contribution in [3.8, 4) is 0 Å². The van der Waals surface area contributed by atoms with Crippen LogP contribution in [0.3, 0.4) is 0 Å². The van der Waals surface area contributed by atoms with Crippen molar-refractivity contribution in [2.45, 2.75) is 17.9 Å². The molecule has 2 heterocycles. The number of hydrogen-bond acceptors (Lipinski definition) is 4. The summed E-state index contributed by atoms with van der Waals surface area (Å²) in [6.07, 6.45) is 0.654. The van der Waals surface area contributed by atoms with Crippen molar-refractivity contribution in [3.63, 3.8) is 0 Å². The Hall–Kier alpha value is -1.15. The third kappa shape index (κ3) is 2.87. The fourth-order valence-corrected chi connectivity index (χ4v) is 5.06. The van der Waals surface area contributed by atoms with Gasteiger partial charge in [-0.2, -0.15) is 4.31 Å². The van der Waals surface area contributed by atoms with Gasteiger partial charge in [-0.05, 0) is 31.2 Å². The predicted octanol–water partition coefficient (Wildman–Crippen LogP) is 2.71.